The van der Waals surface area contributed by atoms with Crippen LogP contribution in [0.3, 0.4) is 0 Å². The molecule has 2 aromatic carbocycles. The number of carbonyl (C=O) groups excluding carboxylic acids is 2. The summed E-state index contributed by atoms with van der Waals surface area (Å²) in [4.78, 5) is 24.2. The summed E-state index contributed by atoms with van der Waals surface area (Å²) in [5.41, 5.74) is 1.26. The monoisotopic (exact) mass is 325 g/mol. The molecule has 1 aliphatic heterocycles. The minimum Gasteiger partial charge on any atom is -0.490 e. The number of para-hydroxylation sites is 1. The van der Waals surface area contributed by atoms with E-state index in [1.165, 1.54) is 0 Å². The summed E-state index contributed by atoms with van der Waals surface area (Å²) < 4.78 is 11.1. The van der Waals surface area contributed by atoms with Crippen molar-refractivity contribution in [2.75, 3.05) is 18.5 Å². The summed E-state index contributed by atoms with van der Waals surface area (Å²) in [5, 5.41) is 2.77. The first-order valence-corrected chi connectivity index (χ1v) is 8.00. The number of amides is 1. The van der Waals surface area contributed by atoms with Gasteiger partial charge in [0.1, 0.15) is 0 Å². The van der Waals surface area contributed by atoms with Gasteiger partial charge in [-0.1, -0.05) is 18.2 Å². The number of nitrogens with one attached hydrogen (secondary N) is 1. The molecular formula is C19H19NO4. The maximum atomic E-state index is 12.3. The number of hydrogen-bond acceptors (Lipinski definition) is 4. The van der Waals surface area contributed by atoms with E-state index < -0.39 is 0 Å². The van der Waals surface area contributed by atoms with E-state index in [9.17, 15) is 9.59 Å². The molecule has 5 heteroatoms. The molecule has 0 bridgehead atoms. The minimum absolute atomic E-state index is 0.0890. The molecule has 5 nitrogen and oxygen atoms in total. The summed E-state index contributed by atoms with van der Waals surface area (Å²) in [6.45, 7) is 1.18. The average molecular weight is 325 g/mol. The smallest absolute Gasteiger partial charge is 0.224 e. The Bertz CT molecular complexity index is 727. The predicted molar refractivity (Wildman–Crippen MR) is 90.7 cm³/mol. The van der Waals surface area contributed by atoms with Gasteiger partial charge in [0.15, 0.2) is 17.3 Å². The Balaban J connectivity index is 1.57. The molecule has 1 N–H and O–H groups in total. The number of benzene rings is 2. The quantitative estimate of drug-likeness (QED) is 0.855. The van der Waals surface area contributed by atoms with Gasteiger partial charge in [-0.25, -0.2) is 0 Å². The van der Waals surface area contributed by atoms with Crippen molar-refractivity contribution in [3.8, 4) is 11.5 Å². The third-order valence-electron chi connectivity index (χ3n) is 3.71. The molecule has 1 heterocycles. The third-order valence-corrected chi connectivity index (χ3v) is 3.71. The molecule has 1 amide bonds. The lowest BCUT2D eigenvalue weighted by Gasteiger charge is -2.09. The number of carbonyl (C=O) groups is 2. The van der Waals surface area contributed by atoms with Crippen LogP contribution in [0.4, 0.5) is 5.69 Å². The number of fused-ring (bicyclic) bond motifs is 1. The van der Waals surface area contributed by atoms with E-state index in [0.29, 0.717) is 30.3 Å². The van der Waals surface area contributed by atoms with Crippen molar-refractivity contribution in [1.29, 1.82) is 0 Å². The SMILES string of the molecule is O=C(CCC(=O)c1ccc2c(c1)OCCCO2)Nc1ccccc1. The highest BCUT2D eigenvalue weighted by atomic mass is 16.5. The zero-order valence-corrected chi connectivity index (χ0v) is 13.3. The lowest BCUT2D eigenvalue weighted by Crippen LogP contribution is -2.13. The summed E-state index contributed by atoms with van der Waals surface area (Å²) in [6, 6.07) is 14.3. The van der Waals surface area contributed by atoms with E-state index in [2.05, 4.69) is 5.32 Å². The van der Waals surface area contributed by atoms with Crippen molar-refractivity contribution in [3.05, 3.63) is 54.1 Å². The molecule has 0 saturated carbocycles. The summed E-state index contributed by atoms with van der Waals surface area (Å²) in [5.74, 6) is 0.982. The Morgan fingerprint density at radius 1 is 0.917 bits per heavy atom. The number of hydrogen-bond donors (Lipinski definition) is 1. The van der Waals surface area contributed by atoms with E-state index in [1.54, 1.807) is 18.2 Å². The van der Waals surface area contributed by atoms with Crippen LogP contribution >= 0.6 is 0 Å². The van der Waals surface area contributed by atoms with Crippen LogP contribution in [-0.4, -0.2) is 24.9 Å². The zero-order valence-electron chi connectivity index (χ0n) is 13.3. The Morgan fingerprint density at radius 3 is 2.46 bits per heavy atom. The molecule has 0 aliphatic carbocycles. The van der Waals surface area contributed by atoms with Crippen molar-refractivity contribution in [1.82, 2.24) is 0 Å². The fraction of sp³-hybridized carbons (Fsp3) is 0.263. The fourth-order valence-corrected chi connectivity index (χ4v) is 2.45. The summed E-state index contributed by atoms with van der Waals surface area (Å²) in [6.07, 6.45) is 1.11. The van der Waals surface area contributed by atoms with E-state index in [1.807, 2.05) is 30.3 Å². The molecule has 3 rings (SSSR count). The Morgan fingerprint density at radius 2 is 1.67 bits per heavy atom. The highest BCUT2D eigenvalue weighted by Crippen LogP contribution is 2.30. The van der Waals surface area contributed by atoms with Gasteiger partial charge in [-0.2, -0.15) is 0 Å². The number of Topliss-reactive ketones (excluding diaryl/α,β-unsaturated/α-hetero) is 1. The van der Waals surface area contributed by atoms with E-state index >= 15 is 0 Å². The fourth-order valence-electron chi connectivity index (χ4n) is 2.45. The topological polar surface area (TPSA) is 64.6 Å². The second-order valence-corrected chi connectivity index (χ2v) is 5.55. The van der Waals surface area contributed by atoms with Crippen molar-refractivity contribution in [2.45, 2.75) is 19.3 Å². The van der Waals surface area contributed by atoms with Crippen LogP contribution in [-0.2, 0) is 4.79 Å². The van der Waals surface area contributed by atoms with Crippen molar-refractivity contribution in [3.63, 3.8) is 0 Å². The van der Waals surface area contributed by atoms with Crippen LogP contribution in [0.2, 0.25) is 0 Å². The first-order valence-electron chi connectivity index (χ1n) is 8.00. The molecule has 0 fully saturated rings. The van der Waals surface area contributed by atoms with E-state index in [-0.39, 0.29) is 24.5 Å². The Labute approximate surface area is 140 Å². The van der Waals surface area contributed by atoms with Crippen LogP contribution in [0, 0.1) is 0 Å². The lowest BCUT2D eigenvalue weighted by atomic mass is 10.1. The zero-order chi connectivity index (χ0) is 16.8. The second kappa shape index (κ2) is 7.64. The van der Waals surface area contributed by atoms with Gasteiger partial charge in [-0.3, -0.25) is 9.59 Å². The third kappa shape index (κ3) is 4.13. The van der Waals surface area contributed by atoms with Crippen LogP contribution in [0.25, 0.3) is 0 Å². The van der Waals surface area contributed by atoms with Crippen molar-refractivity contribution < 1.29 is 19.1 Å². The van der Waals surface area contributed by atoms with Gasteiger partial charge >= 0.3 is 0 Å². The van der Waals surface area contributed by atoms with Gasteiger partial charge in [0, 0.05) is 30.5 Å². The van der Waals surface area contributed by atoms with Gasteiger partial charge in [-0.05, 0) is 30.3 Å². The summed E-state index contributed by atoms with van der Waals surface area (Å²) >= 11 is 0. The minimum atomic E-state index is -0.177. The Kier molecular flexibility index (Phi) is 5.11. The van der Waals surface area contributed by atoms with Gasteiger partial charge < -0.3 is 14.8 Å². The van der Waals surface area contributed by atoms with Gasteiger partial charge in [0.25, 0.3) is 0 Å². The molecule has 0 atom stereocenters. The number of anilines is 1. The number of ether oxygens (including phenoxy) is 2. The van der Waals surface area contributed by atoms with Gasteiger partial charge in [0.05, 0.1) is 13.2 Å². The molecular weight excluding hydrogens is 306 g/mol. The van der Waals surface area contributed by atoms with Crippen LogP contribution in [0.15, 0.2) is 48.5 Å². The average Bonchev–Trinajstić information content (AvgIpc) is 2.85. The molecule has 0 unspecified atom stereocenters. The molecule has 2 aromatic rings. The summed E-state index contributed by atoms with van der Waals surface area (Å²) in [7, 11) is 0. The van der Waals surface area contributed by atoms with Gasteiger partial charge in [0.2, 0.25) is 5.91 Å². The molecule has 0 aromatic heterocycles. The van der Waals surface area contributed by atoms with Crippen LogP contribution < -0.4 is 14.8 Å². The number of rotatable bonds is 5. The maximum absolute atomic E-state index is 12.3. The van der Waals surface area contributed by atoms with Crippen LogP contribution in [0.1, 0.15) is 29.6 Å². The predicted octanol–water partition coefficient (Wildman–Crippen LogP) is 3.45. The van der Waals surface area contributed by atoms with Crippen LogP contribution in [0.5, 0.6) is 11.5 Å². The van der Waals surface area contributed by atoms with Crippen molar-refractivity contribution in [2.24, 2.45) is 0 Å². The highest BCUT2D eigenvalue weighted by Gasteiger charge is 2.15. The molecule has 0 saturated heterocycles. The first kappa shape index (κ1) is 16.1. The normalized spacial score (nSPS) is 13.0. The Hall–Kier alpha value is -2.82. The molecule has 124 valence electrons. The molecule has 1 aliphatic rings. The largest absolute Gasteiger partial charge is 0.490 e. The van der Waals surface area contributed by atoms with Crippen molar-refractivity contribution >= 4 is 17.4 Å². The van der Waals surface area contributed by atoms with Gasteiger partial charge in [-0.15, -0.1) is 0 Å². The maximum Gasteiger partial charge on any atom is 0.224 e. The molecule has 24 heavy (non-hydrogen) atoms. The molecule has 0 spiro atoms. The molecule has 0 radical (unpaired) electrons. The number of ketones is 1. The van der Waals surface area contributed by atoms with E-state index in [0.717, 1.165) is 12.1 Å². The second-order valence-electron chi connectivity index (χ2n) is 5.55. The lowest BCUT2D eigenvalue weighted by molar-refractivity contribution is -0.116. The first-order chi connectivity index (χ1) is 11.7. The van der Waals surface area contributed by atoms with E-state index in [4.69, 9.17) is 9.47 Å². The standard InChI is InChI=1S/C19H19NO4/c21-16(8-10-19(22)20-15-5-2-1-3-6-15)14-7-9-17-18(13-14)24-12-4-11-23-17/h1-3,5-7,9,13H,4,8,10-12H2,(H,20,22). The highest BCUT2D eigenvalue weighted by molar-refractivity contribution is 6.00.